The molecule has 18 heavy (non-hydrogen) atoms. The summed E-state index contributed by atoms with van der Waals surface area (Å²) in [6, 6.07) is -0.129. The molecule has 4 nitrogen and oxygen atoms in total. The molecule has 1 amide bonds. The summed E-state index contributed by atoms with van der Waals surface area (Å²) in [5, 5.41) is 9.51. The molecule has 2 aromatic heterocycles. The van der Waals surface area contributed by atoms with Crippen LogP contribution < -0.4 is 11.1 Å². The fourth-order valence-corrected chi connectivity index (χ4v) is 3.05. The third-order valence-electron chi connectivity index (χ3n) is 2.55. The zero-order valence-electron chi connectivity index (χ0n) is 10.3. The second-order valence-electron chi connectivity index (χ2n) is 4.12. The molecule has 0 fully saturated rings. The van der Waals surface area contributed by atoms with Crippen LogP contribution in [0.2, 0.25) is 0 Å². The molecule has 0 bridgehead atoms. The number of thiophene rings is 1. The molecule has 0 aliphatic carbocycles. The van der Waals surface area contributed by atoms with E-state index in [9.17, 15) is 4.79 Å². The molecule has 6 heteroatoms. The first-order valence-electron chi connectivity index (χ1n) is 5.59. The molecule has 0 saturated carbocycles. The summed E-state index contributed by atoms with van der Waals surface area (Å²) in [7, 11) is 0. The number of rotatable bonds is 4. The van der Waals surface area contributed by atoms with Gasteiger partial charge in [0.2, 0.25) is 0 Å². The molecule has 3 N–H and O–H groups in total. The van der Waals surface area contributed by atoms with Crippen molar-refractivity contribution < 1.29 is 4.79 Å². The Bertz CT molecular complexity index is 545. The monoisotopic (exact) mass is 281 g/mol. The predicted octanol–water partition coefficient (Wildman–Crippen LogP) is 2.46. The quantitative estimate of drug-likeness (QED) is 0.904. The van der Waals surface area contributed by atoms with E-state index in [-0.39, 0.29) is 11.9 Å². The number of carbonyl (C=O) groups is 1. The van der Waals surface area contributed by atoms with E-state index in [0.717, 1.165) is 10.6 Å². The summed E-state index contributed by atoms with van der Waals surface area (Å²) in [6.07, 6.45) is 0. The minimum Gasteiger partial charge on any atom is -0.347 e. The number of hydrogen-bond acceptors (Lipinski definition) is 5. The first-order valence-corrected chi connectivity index (χ1v) is 7.41. The van der Waals surface area contributed by atoms with Crippen molar-refractivity contribution in [3.05, 3.63) is 38.0 Å². The largest absolute Gasteiger partial charge is 0.347 e. The van der Waals surface area contributed by atoms with Gasteiger partial charge in [-0.25, -0.2) is 4.98 Å². The maximum absolute atomic E-state index is 11.9. The van der Waals surface area contributed by atoms with Crippen LogP contribution in [0.25, 0.3) is 0 Å². The first kappa shape index (κ1) is 13.2. The Kier molecular flexibility index (Phi) is 4.11. The van der Waals surface area contributed by atoms with Gasteiger partial charge in [0.05, 0.1) is 6.04 Å². The molecule has 2 heterocycles. The second kappa shape index (κ2) is 5.60. The summed E-state index contributed by atoms with van der Waals surface area (Å²) in [4.78, 5) is 16.1. The highest BCUT2D eigenvalue weighted by atomic mass is 32.1. The third-order valence-corrected chi connectivity index (χ3v) is 4.50. The summed E-state index contributed by atoms with van der Waals surface area (Å²) < 4.78 is 0. The second-order valence-corrected chi connectivity index (χ2v) is 5.76. The molecule has 1 unspecified atom stereocenters. The topological polar surface area (TPSA) is 68.0 Å². The molecule has 0 saturated heterocycles. The average molecular weight is 281 g/mol. The molecule has 96 valence electrons. The molecule has 2 aromatic rings. The van der Waals surface area contributed by atoms with Crippen LogP contribution in [0.3, 0.4) is 0 Å². The molecule has 0 aliphatic rings. The van der Waals surface area contributed by atoms with Crippen LogP contribution in [0, 0.1) is 6.92 Å². The van der Waals surface area contributed by atoms with E-state index in [4.69, 9.17) is 5.73 Å². The zero-order valence-corrected chi connectivity index (χ0v) is 11.9. The lowest BCUT2D eigenvalue weighted by molar-refractivity contribution is 0.0946. The molecular weight excluding hydrogens is 266 g/mol. The van der Waals surface area contributed by atoms with Crippen LogP contribution in [0.15, 0.2) is 16.1 Å². The van der Waals surface area contributed by atoms with Crippen LogP contribution in [-0.4, -0.2) is 10.9 Å². The van der Waals surface area contributed by atoms with Crippen molar-refractivity contribution in [2.45, 2.75) is 26.4 Å². The van der Waals surface area contributed by atoms with Crippen molar-refractivity contribution in [2.24, 2.45) is 5.73 Å². The van der Waals surface area contributed by atoms with Gasteiger partial charge in [-0.3, -0.25) is 4.79 Å². The normalized spacial score (nSPS) is 12.4. The van der Waals surface area contributed by atoms with Gasteiger partial charge in [-0.05, 0) is 35.7 Å². The van der Waals surface area contributed by atoms with Gasteiger partial charge < -0.3 is 11.1 Å². The fourth-order valence-electron chi connectivity index (χ4n) is 1.44. The Hall–Kier alpha value is -1.24. The number of nitrogens with one attached hydrogen (secondary N) is 1. The maximum atomic E-state index is 11.9. The average Bonchev–Trinajstić information content (AvgIpc) is 2.94. The van der Waals surface area contributed by atoms with E-state index in [1.165, 1.54) is 16.9 Å². The highest BCUT2D eigenvalue weighted by Gasteiger charge is 2.12. The van der Waals surface area contributed by atoms with Gasteiger partial charge in [-0.1, -0.05) is 0 Å². The standard InChI is InChI=1S/C12H15N3OS2/c1-7-4-17-5-9(7)3-14-11(16)10-6-18-12(15-10)8(2)13/h4-6,8H,3,13H2,1-2H3,(H,14,16). The van der Waals surface area contributed by atoms with Gasteiger partial charge in [-0.15, -0.1) is 11.3 Å². The Balaban J connectivity index is 1.97. The molecule has 0 radical (unpaired) electrons. The molecule has 2 rings (SSSR count). The highest BCUT2D eigenvalue weighted by molar-refractivity contribution is 7.10. The van der Waals surface area contributed by atoms with Crippen LogP contribution in [0.5, 0.6) is 0 Å². The SMILES string of the molecule is Cc1cscc1CNC(=O)c1csc(C(C)N)n1. The van der Waals surface area contributed by atoms with Gasteiger partial charge in [0.25, 0.3) is 5.91 Å². The smallest absolute Gasteiger partial charge is 0.271 e. The molecular formula is C12H15N3OS2. The number of amides is 1. The van der Waals surface area contributed by atoms with Crippen molar-refractivity contribution in [1.82, 2.24) is 10.3 Å². The Labute approximate surface area is 114 Å². The molecule has 0 spiro atoms. The van der Waals surface area contributed by atoms with Crippen LogP contribution in [0.4, 0.5) is 0 Å². The van der Waals surface area contributed by atoms with E-state index < -0.39 is 0 Å². The van der Waals surface area contributed by atoms with Gasteiger partial charge >= 0.3 is 0 Å². The van der Waals surface area contributed by atoms with E-state index in [1.807, 2.05) is 19.2 Å². The number of carbonyl (C=O) groups excluding carboxylic acids is 1. The van der Waals surface area contributed by atoms with E-state index in [2.05, 4.69) is 15.7 Å². The zero-order chi connectivity index (χ0) is 13.1. The highest BCUT2D eigenvalue weighted by Crippen LogP contribution is 2.16. The summed E-state index contributed by atoms with van der Waals surface area (Å²) in [6.45, 7) is 4.43. The van der Waals surface area contributed by atoms with Crippen molar-refractivity contribution in [3.8, 4) is 0 Å². The Morgan fingerprint density at radius 3 is 2.83 bits per heavy atom. The van der Waals surface area contributed by atoms with E-state index in [1.54, 1.807) is 16.7 Å². The van der Waals surface area contributed by atoms with Crippen molar-refractivity contribution >= 4 is 28.6 Å². The summed E-state index contributed by atoms with van der Waals surface area (Å²) in [5.41, 5.74) is 8.51. The van der Waals surface area contributed by atoms with Crippen LogP contribution in [0.1, 0.15) is 39.6 Å². The minimum atomic E-state index is -0.149. The van der Waals surface area contributed by atoms with E-state index in [0.29, 0.717) is 12.2 Å². The Morgan fingerprint density at radius 1 is 1.50 bits per heavy atom. The van der Waals surface area contributed by atoms with Crippen molar-refractivity contribution in [2.75, 3.05) is 0 Å². The lowest BCUT2D eigenvalue weighted by atomic mass is 10.2. The van der Waals surface area contributed by atoms with Gasteiger partial charge in [0, 0.05) is 11.9 Å². The number of nitrogens with zero attached hydrogens (tertiary/aromatic N) is 1. The number of nitrogens with two attached hydrogens (primary N) is 1. The van der Waals surface area contributed by atoms with Gasteiger partial charge in [0.15, 0.2) is 0 Å². The summed E-state index contributed by atoms with van der Waals surface area (Å²) >= 11 is 3.06. The first-order chi connectivity index (χ1) is 8.58. The van der Waals surface area contributed by atoms with E-state index >= 15 is 0 Å². The molecule has 0 aromatic carbocycles. The van der Waals surface area contributed by atoms with Crippen LogP contribution >= 0.6 is 22.7 Å². The number of hydrogen-bond donors (Lipinski definition) is 2. The third kappa shape index (κ3) is 2.95. The van der Waals surface area contributed by atoms with Crippen molar-refractivity contribution in [1.29, 1.82) is 0 Å². The predicted molar refractivity (Wildman–Crippen MR) is 74.9 cm³/mol. The minimum absolute atomic E-state index is 0.129. The lowest BCUT2D eigenvalue weighted by Crippen LogP contribution is -2.23. The maximum Gasteiger partial charge on any atom is 0.271 e. The van der Waals surface area contributed by atoms with Gasteiger partial charge in [0.1, 0.15) is 10.7 Å². The van der Waals surface area contributed by atoms with Gasteiger partial charge in [-0.2, -0.15) is 11.3 Å². The molecule has 0 aliphatic heterocycles. The van der Waals surface area contributed by atoms with Crippen molar-refractivity contribution in [3.63, 3.8) is 0 Å². The number of aryl methyl sites for hydroxylation is 1. The Morgan fingerprint density at radius 2 is 2.28 bits per heavy atom. The number of aromatic nitrogens is 1. The number of thiazole rings is 1. The fraction of sp³-hybridized carbons (Fsp3) is 0.333. The molecule has 1 atom stereocenters. The lowest BCUT2D eigenvalue weighted by Gasteiger charge is -2.02. The summed E-state index contributed by atoms with van der Waals surface area (Å²) in [5.74, 6) is -0.149. The van der Waals surface area contributed by atoms with Crippen LogP contribution in [-0.2, 0) is 6.54 Å².